The molecule has 0 aliphatic rings. The van der Waals surface area contributed by atoms with E-state index in [1.165, 1.54) is 29.7 Å². The average Bonchev–Trinajstić information content (AvgIpc) is 3.20. The lowest BCUT2D eigenvalue weighted by atomic mass is 9.95. The van der Waals surface area contributed by atoms with E-state index in [2.05, 4.69) is 20.6 Å². The minimum atomic E-state index is -5.08. The van der Waals surface area contributed by atoms with Gasteiger partial charge in [0.05, 0.1) is 11.2 Å². The molecule has 3 aromatic heterocycles. The molecule has 2 amide bonds. The molecule has 0 saturated carbocycles. The van der Waals surface area contributed by atoms with Gasteiger partial charge in [-0.25, -0.2) is 19.0 Å². The number of alkyl halides is 6. The predicted octanol–water partition coefficient (Wildman–Crippen LogP) is 4.80. The normalized spacial score (nSPS) is 13.0. The highest BCUT2D eigenvalue weighted by molar-refractivity contribution is 5.95. The number of carbonyl (C=O) groups is 3. The Bertz CT molecular complexity index is 1480. The van der Waals surface area contributed by atoms with Crippen LogP contribution in [0.4, 0.5) is 35.5 Å². The van der Waals surface area contributed by atoms with E-state index in [0.717, 1.165) is 0 Å². The summed E-state index contributed by atoms with van der Waals surface area (Å²) in [6.45, 7) is 4.02. The lowest BCUT2D eigenvalue weighted by Gasteiger charge is -2.30. The Morgan fingerprint density at radius 1 is 1.07 bits per heavy atom. The van der Waals surface area contributed by atoms with Crippen LogP contribution in [0.3, 0.4) is 0 Å². The molecule has 3 aromatic rings. The maximum Gasteiger partial charge on any atom is 0.490 e. The number of amides is 2. The molecule has 0 bridgehead atoms. The fraction of sp³-hybridized carbons (Fsp3) is 0.400. The van der Waals surface area contributed by atoms with Crippen molar-refractivity contribution < 1.29 is 60.1 Å². The summed E-state index contributed by atoms with van der Waals surface area (Å²) in [4.78, 5) is 41.4. The van der Waals surface area contributed by atoms with Gasteiger partial charge in [-0.05, 0) is 51.0 Å². The summed E-state index contributed by atoms with van der Waals surface area (Å²) in [5.74, 6) is -3.70. The first-order chi connectivity index (χ1) is 19.7. The molecule has 0 aliphatic carbocycles. The number of hydrogen-bond acceptors (Lipinski definition) is 6. The molecule has 0 aliphatic heterocycles. The van der Waals surface area contributed by atoms with Gasteiger partial charge in [0.25, 0.3) is 5.91 Å². The Balaban J connectivity index is 0.000000821. The summed E-state index contributed by atoms with van der Waals surface area (Å²) < 4.78 is 91.0. The number of fused-ring (bicyclic) bond motifs is 1. The number of carboxylic acid groups (broad SMARTS) is 2. The number of pyridine rings is 2. The van der Waals surface area contributed by atoms with Crippen molar-refractivity contribution in [3.05, 3.63) is 59.1 Å². The van der Waals surface area contributed by atoms with Crippen LogP contribution in [0.1, 0.15) is 47.2 Å². The van der Waals surface area contributed by atoms with E-state index in [0.29, 0.717) is 11.3 Å². The molecule has 0 radical (unpaired) electrons. The molecule has 1 atom stereocenters. The zero-order valence-corrected chi connectivity index (χ0v) is 22.7. The van der Waals surface area contributed by atoms with Crippen LogP contribution in [0, 0.1) is 19.7 Å². The molecule has 0 saturated heterocycles. The molecule has 4 N–H and O–H groups in total. The molecular formula is C25H26F7N5O6. The number of aliphatic carboxylic acids is 1. The van der Waals surface area contributed by atoms with Gasteiger partial charge in [-0.2, -0.15) is 26.3 Å². The van der Waals surface area contributed by atoms with Gasteiger partial charge < -0.3 is 25.6 Å². The lowest BCUT2D eigenvalue weighted by Crippen LogP contribution is -2.53. The monoisotopic (exact) mass is 625 g/mol. The number of carboxylic acids is 1. The summed E-state index contributed by atoms with van der Waals surface area (Å²) in [6, 6.07) is 4.36. The molecule has 1 unspecified atom stereocenters. The van der Waals surface area contributed by atoms with Crippen LogP contribution in [0.2, 0.25) is 0 Å². The van der Waals surface area contributed by atoms with E-state index in [1.807, 2.05) is 0 Å². The minimum Gasteiger partial charge on any atom is -0.483 e. The molecule has 3 heterocycles. The van der Waals surface area contributed by atoms with Crippen LogP contribution in [-0.2, 0) is 11.4 Å². The van der Waals surface area contributed by atoms with Crippen molar-refractivity contribution in [2.45, 2.75) is 58.1 Å². The zero-order valence-electron chi connectivity index (χ0n) is 22.7. The fourth-order valence-electron chi connectivity index (χ4n) is 3.64. The van der Waals surface area contributed by atoms with E-state index in [1.54, 1.807) is 26.1 Å². The first-order valence-corrected chi connectivity index (χ1v) is 12.1. The number of imidazole rings is 1. The molecule has 0 fully saturated rings. The number of nitrogens with one attached hydrogen (secondary N) is 2. The zero-order chi connectivity index (χ0) is 32.8. The number of ether oxygens (including phenoxy) is 1. The summed E-state index contributed by atoms with van der Waals surface area (Å²) in [7, 11) is 0. The Hall–Kier alpha value is -4.64. The van der Waals surface area contributed by atoms with Crippen molar-refractivity contribution in [1.29, 1.82) is 0 Å². The predicted molar refractivity (Wildman–Crippen MR) is 134 cm³/mol. The SMILES string of the molecule is Cc1cc(OCc2ncccc2F)c2nc(C)c(C(=O)NCC(C)(CCC(F)(F)F)NC(=O)O)n2c1.O=C(O)C(F)(F)F. The summed E-state index contributed by atoms with van der Waals surface area (Å²) in [6.07, 6.45) is -9.84. The molecule has 3 rings (SSSR count). The molecular weight excluding hydrogens is 599 g/mol. The Labute approximate surface area is 238 Å². The van der Waals surface area contributed by atoms with Gasteiger partial charge in [-0.3, -0.25) is 14.2 Å². The van der Waals surface area contributed by atoms with Crippen molar-refractivity contribution in [2.24, 2.45) is 0 Å². The van der Waals surface area contributed by atoms with E-state index < -0.39 is 61.1 Å². The van der Waals surface area contributed by atoms with Gasteiger partial charge in [0.1, 0.15) is 23.8 Å². The maximum atomic E-state index is 13.9. The van der Waals surface area contributed by atoms with Crippen molar-refractivity contribution >= 4 is 23.6 Å². The van der Waals surface area contributed by atoms with Gasteiger partial charge in [0.15, 0.2) is 11.4 Å². The van der Waals surface area contributed by atoms with Crippen LogP contribution >= 0.6 is 0 Å². The smallest absolute Gasteiger partial charge is 0.483 e. The third kappa shape index (κ3) is 10.3. The second-order valence-electron chi connectivity index (χ2n) is 9.43. The van der Waals surface area contributed by atoms with E-state index in [-0.39, 0.29) is 29.4 Å². The second-order valence-corrected chi connectivity index (χ2v) is 9.43. The van der Waals surface area contributed by atoms with Gasteiger partial charge in [-0.15, -0.1) is 0 Å². The number of aryl methyl sites for hydroxylation is 2. The molecule has 18 heteroatoms. The second kappa shape index (κ2) is 13.6. The lowest BCUT2D eigenvalue weighted by molar-refractivity contribution is -0.192. The molecule has 236 valence electrons. The summed E-state index contributed by atoms with van der Waals surface area (Å²) in [5.41, 5.74) is -0.132. The van der Waals surface area contributed by atoms with Gasteiger partial charge in [0.2, 0.25) is 0 Å². The van der Waals surface area contributed by atoms with Crippen LogP contribution in [0.25, 0.3) is 5.65 Å². The van der Waals surface area contributed by atoms with Crippen molar-refractivity contribution in [2.75, 3.05) is 6.54 Å². The standard InChI is InChI=1S/C23H25F4N5O4.C2HF3O2/c1-13-9-17(36-11-16-15(24)5-4-8-28-16)19-30-14(2)18(32(19)10-13)20(33)29-12-22(3,31-21(34)35)6-7-23(25,26)27;3-2(4,5)1(6)7/h4-5,8-10,31H,6-7,11-12H2,1-3H3,(H,29,33)(H,34,35);(H,6,7). The number of rotatable bonds is 9. The van der Waals surface area contributed by atoms with E-state index in [9.17, 15) is 40.3 Å². The highest BCUT2D eigenvalue weighted by atomic mass is 19.4. The van der Waals surface area contributed by atoms with Crippen molar-refractivity contribution in [3.8, 4) is 5.75 Å². The molecule has 43 heavy (non-hydrogen) atoms. The number of hydrogen-bond donors (Lipinski definition) is 4. The van der Waals surface area contributed by atoms with Crippen LogP contribution in [0.5, 0.6) is 5.75 Å². The number of nitrogens with zero attached hydrogens (tertiary/aromatic N) is 3. The molecule has 11 nitrogen and oxygen atoms in total. The van der Waals surface area contributed by atoms with E-state index >= 15 is 0 Å². The fourth-order valence-corrected chi connectivity index (χ4v) is 3.64. The Morgan fingerprint density at radius 2 is 1.70 bits per heavy atom. The summed E-state index contributed by atoms with van der Waals surface area (Å²) in [5, 5.41) is 20.8. The first-order valence-electron chi connectivity index (χ1n) is 12.1. The van der Waals surface area contributed by atoms with Crippen LogP contribution in [0.15, 0.2) is 30.6 Å². The van der Waals surface area contributed by atoms with Gasteiger partial charge in [0, 0.05) is 25.4 Å². The molecule has 0 aromatic carbocycles. The molecule has 0 spiro atoms. The maximum absolute atomic E-state index is 13.9. The number of halogens is 7. The highest BCUT2D eigenvalue weighted by Gasteiger charge is 2.38. The third-order valence-corrected chi connectivity index (χ3v) is 5.66. The highest BCUT2D eigenvalue weighted by Crippen LogP contribution is 2.27. The van der Waals surface area contributed by atoms with Crippen LogP contribution in [-0.4, -0.2) is 67.0 Å². The topological polar surface area (TPSA) is 155 Å². The number of aromatic nitrogens is 3. The quantitative estimate of drug-likeness (QED) is 0.248. The third-order valence-electron chi connectivity index (χ3n) is 5.66. The number of carbonyl (C=O) groups excluding carboxylic acids is 1. The van der Waals surface area contributed by atoms with Gasteiger partial charge >= 0.3 is 24.4 Å². The Kier molecular flexibility index (Phi) is 10.9. The first kappa shape index (κ1) is 34.6. The average molecular weight is 625 g/mol. The van der Waals surface area contributed by atoms with E-state index in [4.69, 9.17) is 19.7 Å². The summed E-state index contributed by atoms with van der Waals surface area (Å²) >= 11 is 0. The van der Waals surface area contributed by atoms with Gasteiger partial charge in [-0.1, -0.05) is 0 Å². The Morgan fingerprint density at radius 3 is 2.23 bits per heavy atom. The van der Waals surface area contributed by atoms with Crippen molar-refractivity contribution in [1.82, 2.24) is 25.0 Å². The largest absolute Gasteiger partial charge is 0.490 e. The van der Waals surface area contributed by atoms with Crippen LogP contribution < -0.4 is 15.4 Å². The minimum absolute atomic E-state index is 0.0856. The van der Waals surface area contributed by atoms with Crippen molar-refractivity contribution in [3.63, 3.8) is 0 Å².